The van der Waals surface area contributed by atoms with Gasteiger partial charge in [0, 0.05) is 32.2 Å². The zero-order valence-electron chi connectivity index (χ0n) is 10.9. The quantitative estimate of drug-likeness (QED) is 0.767. The van der Waals surface area contributed by atoms with Gasteiger partial charge in [0.2, 0.25) is 10.0 Å². The van der Waals surface area contributed by atoms with Crippen molar-refractivity contribution in [2.24, 2.45) is 0 Å². The lowest BCUT2D eigenvalue weighted by atomic mass is 10.2. The fraction of sp³-hybridized carbons (Fsp3) is 1.00. The van der Waals surface area contributed by atoms with Crippen molar-refractivity contribution in [3.05, 3.63) is 0 Å². The highest BCUT2D eigenvalue weighted by Gasteiger charge is 2.32. The summed E-state index contributed by atoms with van der Waals surface area (Å²) >= 11 is 0. The largest absolute Gasteiger partial charge is 0.298 e. The van der Waals surface area contributed by atoms with Crippen molar-refractivity contribution in [2.75, 3.05) is 26.2 Å². The summed E-state index contributed by atoms with van der Waals surface area (Å²) in [4.78, 5) is 2.49. The first-order chi connectivity index (χ1) is 8.01. The molecule has 2 fully saturated rings. The third-order valence-corrected chi connectivity index (χ3v) is 6.35. The highest BCUT2D eigenvalue weighted by Crippen LogP contribution is 2.25. The van der Waals surface area contributed by atoms with Crippen LogP contribution in [0.25, 0.3) is 0 Å². The number of hydrogen-bond acceptors (Lipinski definition) is 3. The van der Waals surface area contributed by atoms with Gasteiger partial charge in [-0.3, -0.25) is 4.90 Å². The molecule has 0 aromatic heterocycles. The monoisotopic (exact) mass is 260 g/mol. The molecule has 0 atom stereocenters. The van der Waals surface area contributed by atoms with Crippen LogP contribution in [0.15, 0.2) is 0 Å². The molecule has 1 saturated heterocycles. The summed E-state index contributed by atoms with van der Waals surface area (Å²) in [7, 11) is -3.04. The van der Waals surface area contributed by atoms with Crippen molar-refractivity contribution in [3.8, 4) is 0 Å². The van der Waals surface area contributed by atoms with Crippen LogP contribution in [0.5, 0.6) is 0 Å². The van der Waals surface area contributed by atoms with Gasteiger partial charge in [0.15, 0.2) is 0 Å². The van der Waals surface area contributed by atoms with E-state index in [2.05, 4.69) is 4.90 Å². The van der Waals surface area contributed by atoms with Gasteiger partial charge < -0.3 is 0 Å². The molecule has 0 spiro atoms. The van der Waals surface area contributed by atoms with Crippen LogP contribution in [0.3, 0.4) is 0 Å². The standard InChI is InChI=1S/C12H24N2O2S/c1-11(2)17(15,16)14-9-7-13(8-10-14)12-5-3-4-6-12/h11-12H,3-10H2,1-2H3. The molecule has 2 aliphatic rings. The van der Waals surface area contributed by atoms with Crippen molar-refractivity contribution >= 4 is 10.0 Å². The van der Waals surface area contributed by atoms with E-state index in [4.69, 9.17) is 0 Å². The van der Waals surface area contributed by atoms with Crippen LogP contribution in [0.4, 0.5) is 0 Å². The number of sulfonamides is 1. The predicted molar refractivity (Wildman–Crippen MR) is 69.5 cm³/mol. The molecule has 1 aliphatic carbocycles. The van der Waals surface area contributed by atoms with Crippen LogP contribution >= 0.6 is 0 Å². The average molecular weight is 260 g/mol. The maximum absolute atomic E-state index is 12.0. The Labute approximate surface area is 105 Å². The Morgan fingerprint density at radius 1 is 1.00 bits per heavy atom. The first-order valence-electron chi connectivity index (χ1n) is 6.75. The molecule has 4 nitrogen and oxygen atoms in total. The minimum Gasteiger partial charge on any atom is -0.298 e. The maximum atomic E-state index is 12.0. The SMILES string of the molecule is CC(C)S(=O)(=O)N1CCN(C2CCCC2)CC1. The zero-order valence-corrected chi connectivity index (χ0v) is 11.7. The van der Waals surface area contributed by atoms with Gasteiger partial charge in [-0.05, 0) is 26.7 Å². The van der Waals surface area contributed by atoms with Crippen molar-refractivity contribution in [2.45, 2.75) is 50.8 Å². The van der Waals surface area contributed by atoms with E-state index in [9.17, 15) is 8.42 Å². The Morgan fingerprint density at radius 3 is 2.00 bits per heavy atom. The Balaban J connectivity index is 1.89. The molecule has 1 heterocycles. The number of piperazine rings is 1. The van der Waals surface area contributed by atoms with Gasteiger partial charge in [-0.1, -0.05) is 12.8 Å². The van der Waals surface area contributed by atoms with Gasteiger partial charge >= 0.3 is 0 Å². The van der Waals surface area contributed by atoms with E-state index in [1.54, 1.807) is 18.2 Å². The van der Waals surface area contributed by atoms with E-state index in [0.717, 1.165) is 19.1 Å². The Kier molecular flexibility index (Phi) is 4.10. The minimum atomic E-state index is -3.04. The maximum Gasteiger partial charge on any atom is 0.216 e. The minimum absolute atomic E-state index is 0.291. The first-order valence-corrected chi connectivity index (χ1v) is 8.25. The molecule has 1 saturated carbocycles. The Hall–Kier alpha value is -0.130. The second-order valence-electron chi connectivity index (χ2n) is 5.47. The molecule has 0 N–H and O–H groups in total. The predicted octanol–water partition coefficient (Wildman–Crippen LogP) is 1.28. The van der Waals surface area contributed by atoms with Crippen LogP contribution in [0.2, 0.25) is 0 Å². The van der Waals surface area contributed by atoms with Crippen molar-refractivity contribution < 1.29 is 8.42 Å². The highest BCUT2D eigenvalue weighted by atomic mass is 32.2. The van der Waals surface area contributed by atoms with Crippen LogP contribution in [0, 0.1) is 0 Å². The van der Waals surface area contributed by atoms with E-state index in [1.807, 2.05) is 0 Å². The van der Waals surface area contributed by atoms with E-state index >= 15 is 0 Å². The summed E-state index contributed by atoms with van der Waals surface area (Å²) in [6, 6.07) is 0.721. The summed E-state index contributed by atoms with van der Waals surface area (Å²) in [5.74, 6) is 0. The van der Waals surface area contributed by atoms with Crippen LogP contribution in [-0.4, -0.2) is 55.1 Å². The summed E-state index contributed by atoms with van der Waals surface area (Å²) < 4.78 is 25.7. The van der Waals surface area contributed by atoms with Gasteiger partial charge in [-0.2, -0.15) is 4.31 Å². The van der Waals surface area contributed by atoms with E-state index in [0.29, 0.717) is 13.1 Å². The van der Waals surface area contributed by atoms with Crippen LogP contribution in [0.1, 0.15) is 39.5 Å². The molecule has 1 aliphatic heterocycles. The number of rotatable bonds is 3. The van der Waals surface area contributed by atoms with Gasteiger partial charge in [0.05, 0.1) is 5.25 Å². The molecule has 5 heteroatoms. The van der Waals surface area contributed by atoms with Gasteiger partial charge in [-0.15, -0.1) is 0 Å². The van der Waals surface area contributed by atoms with Crippen LogP contribution < -0.4 is 0 Å². The summed E-state index contributed by atoms with van der Waals surface area (Å²) in [5, 5.41) is -0.291. The molecule has 0 unspecified atom stereocenters. The lowest BCUT2D eigenvalue weighted by Crippen LogP contribution is -2.52. The second kappa shape index (κ2) is 5.24. The molecule has 0 aromatic rings. The van der Waals surface area contributed by atoms with Gasteiger partial charge in [0.25, 0.3) is 0 Å². The summed E-state index contributed by atoms with van der Waals surface area (Å²) in [6.45, 7) is 6.71. The Morgan fingerprint density at radius 2 is 1.53 bits per heavy atom. The molecule has 2 rings (SSSR count). The normalized spacial score (nSPS) is 25.8. The fourth-order valence-electron chi connectivity index (χ4n) is 2.89. The van der Waals surface area contributed by atoms with Gasteiger partial charge in [-0.25, -0.2) is 8.42 Å². The third-order valence-electron chi connectivity index (χ3n) is 4.07. The number of hydrogen-bond donors (Lipinski definition) is 0. The molecule has 17 heavy (non-hydrogen) atoms. The lowest BCUT2D eigenvalue weighted by Gasteiger charge is -2.38. The van der Waals surface area contributed by atoms with Crippen molar-refractivity contribution in [1.29, 1.82) is 0 Å². The molecular weight excluding hydrogens is 236 g/mol. The van der Waals surface area contributed by atoms with E-state index in [-0.39, 0.29) is 5.25 Å². The van der Waals surface area contributed by atoms with Crippen molar-refractivity contribution in [3.63, 3.8) is 0 Å². The molecule has 0 radical (unpaired) electrons. The zero-order chi connectivity index (χ0) is 12.5. The highest BCUT2D eigenvalue weighted by molar-refractivity contribution is 7.89. The molecule has 100 valence electrons. The lowest BCUT2D eigenvalue weighted by molar-refractivity contribution is 0.138. The molecule has 0 amide bonds. The fourth-order valence-corrected chi connectivity index (χ4v) is 4.16. The Bertz CT molecular complexity index is 340. The van der Waals surface area contributed by atoms with E-state index < -0.39 is 10.0 Å². The smallest absolute Gasteiger partial charge is 0.216 e. The average Bonchev–Trinajstić information content (AvgIpc) is 2.82. The second-order valence-corrected chi connectivity index (χ2v) is 7.96. The van der Waals surface area contributed by atoms with Crippen LogP contribution in [-0.2, 0) is 10.0 Å². The van der Waals surface area contributed by atoms with E-state index in [1.165, 1.54) is 25.7 Å². The molecule has 0 bridgehead atoms. The van der Waals surface area contributed by atoms with Gasteiger partial charge in [0.1, 0.15) is 0 Å². The topological polar surface area (TPSA) is 40.6 Å². The molecular formula is C12H24N2O2S. The summed E-state index contributed by atoms with van der Waals surface area (Å²) in [5.41, 5.74) is 0. The number of nitrogens with zero attached hydrogens (tertiary/aromatic N) is 2. The van der Waals surface area contributed by atoms with Crippen molar-refractivity contribution in [1.82, 2.24) is 9.21 Å². The summed E-state index contributed by atoms with van der Waals surface area (Å²) in [6.07, 6.45) is 5.29. The third kappa shape index (κ3) is 2.83. The molecule has 0 aromatic carbocycles. The first kappa shape index (κ1) is 13.3.